The third-order valence-electron chi connectivity index (χ3n) is 2.49. The Morgan fingerprint density at radius 2 is 2.33 bits per heavy atom. The molecule has 1 aliphatic rings. The molecule has 1 fully saturated rings. The molecule has 4 heteroatoms. The SMILES string of the molecule is O=C(CCC1CC1)Nc1ccc(F)nc1. The van der Waals surface area contributed by atoms with Gasteiger partial charge >= 0.3 is 0 Å². The lowest BCUT2D eigenvalue weighted by Crippen LogP contribution is -2.11. The summed E-state index contributed by atoms with van der Waals surface area (Å²) >= 11 is 0. The van der Waals surface area contributed by atoms with Gasteiger partial charge < -0.3 is 5.32 Å². The van der Waals surface area contributed by atoms with Crippen molar-refractivity contribution in [3.63, 3.8) is 0 Å². The number of nitrogens with one attached hydrogen (secondary N) is 1. The Morgan fingerprint density at radius 3 is 2.93 bits per heavy atom. The van der Waals surface area contributed by atoms with Gasteiger partial charge in [-0.2, -0.15) is 4.39 Å². The van der Waals surface area contributed by atoms with E-state index < -0.39 is 5.95 Å². The van der Waals surface area contributed by atoms with Crippen molar-refractivity contribution in [1.29, 1.82) is 0 Å². The quantitative estimate of drug-likeness (QED) is 0.772. The van der Waals surface area contributed by atoms with Gasteiger partial charge in [-0.3, -0.25) is 4.79 Å². The second-order valence-corrected chi connectivity index (χ2v) is 3.90. The van der Waals surface area contributed by atoms with Crippen LogP contribution in [0.2, 0.25) is 0 Å². The first-order valence-electron chi connectivity index (χ1n) is 5.15. The van der Waals surface area contributed by atoms with Crippen molar-refractivity contribution < 1.29 is 9.18 Å². The van der Waals surface area contributed by atoms with Gasteiger partial charge in [-0.25, -0.2) is 4.98 Å². The van der Waals surface area contributed by atoms with Crippen molar-refractivity contribution in [2.24, 2.45) is 5.92 Å². The molecular formula is C11H13FN2O. The van der Waals surface area contributed by atoms with Gasteiger partial charge in [0, 0.05) is 6.42 Å². The molecule has 0 radical (unpaired) electrons. The summed E-state index contributed by atoms with van der Waals surface area (Å²) in [5.74, 6) is 0.198. The van der Waals surface area contributed by atoms with Crippen LogP contribution >= 0.6 is 0 Å². The molecule has 1 heterocycles. The van der Waals surface area contributed by atoms with Crippen molar-refractivity contribution in [1.82, 2.24) is 4.98 Å². The maximum Gasteiger partial charge on any atom is 0.224 e. The van der Waals surface area contributed by atoms with Crippen molar-refractivity contribution in [2.45, 2.75) is 25.7 Å². The Balaban J connectivity index is 1.79. The average Bonchev–Trinajstić information content (AvgIpc) is 3.02. The standard InChI is InChI=1S/C11H13FN2O/c12-10-5-4-9(7-13-10)14-11(15)6-3-8-1-2-8/h4-5,7-8H,1-3,6H2,(H,14,15). The number of carbonyl (C=O) groups excluding carboxylic acids is 1. The average molecular weight is 208 g/mol. The zero-order valence-electron chi connectivity index (χ0n) is 8.37. The first-order valence-corrected chi connectivity index (χ1v) is 5.15. The number of hydrogen-bond acceptors (Lipinski definition) is 2. The van der Waals surface area contributed by atoms with E-state index in [2.05, 4.69) is 10.3 Å². The lowest BCUT2D eigenvalue weighted by atomic mass is 10.2. The molecule has 0 bridgehead atoms. The monoisotopic (exact) mass is 208 g/mol. The van der Waals surface area contributed by atoms with E-state index in [1.807, 2.05) is 0 Å². The second-order valence-electron chi connectivity index (χ2n) is 3.90. The van der Waals surface area contributed by atoms with E-state index in [-0.39, 0.29) is 5.91 Å². The minimum Gasteiger partial charge on any atom is -0.325 e. The van der Waals surface area contributed by atoms with Gasteiger partial charge in [-0.1, -0.05) is 12.8 Å². The molecule has 0 spiro atoms. The van der Waals surface area contributed by atoms with Crippen LogP contribution in [0.15, 0.2) is 18.3 Å². The predicted octanol–water partition coefficient (Wildman–Crippen LogP) is 2.35. The largest absolute Gasteiger partial charge is 0.325 e. The fraction of sp³-hybridized carbons (Fsp3) is 0.455. The topological polar surface area (TPSA) is 42.0 Å². The molecule has 1 N–H and O–H groups in total. The molecule has 1 saturated carbocycles. The molecule has 0 atom stereocenters. The van der Waals surface area contributed by atoms with E-state index in [1.165, 1.54) is 31.2 Å². The second kappa shape index (κ2) is 4.38. The summed E-state index contributed by atoms with van der Waals surface area (Å²) in [4.78, 5) is 14.9. The molecule has 0 aromatic carbocycles. The lowest BCUT2D eigenvalue weighted by molar-refractivity contribution is -0.116. The highest BCUT2D eigenvalue weighted by Gasteiger charge is 2.21. The zero-order chi connectivity index (χ0) is 10.7. The summed E-state index contributed by atoms with van der Waals surface area (Å²) in [5, 5.41) is 2.68. The molecule has 1 amide bonds. The Hall–Kier alpha value is -1.45. The van der Waals surface area contributed by atoms with Gasteiger partial charge in [0.1, 0.15) is 0 Å². The van der Waals surface area contributed by atoms with Gasteiger partial charge in [0.15, 0.2) is 0 Å². The number of halogens is 1. The lowest BCUT2D eigenvalue weighted by Gasteiger charge is -2.03. The van der Waals surface area contributed by atoms with Crippen LogP contribution < -0.4 is 5.32 Å². The molecule has 2 rings (SSSR count). The molecule has 0 unspecified atom stereocenters. The summed E-state index contributed by atoms with van der Waals surface area (Å²) < 4.78 is 12.5. The highest BCUT2D eigenvalue weighted by molar-refractivity contribution is 5.90. The Bertz CT molecular complexity index is 346. The van der Waals surface area contributed by atoms with Crippen LogP contribution in [0.25, 0.3) is 0 Å². The van der Waals surface area contributed by atoms with Crippen LogP contribution in [-0.4, -0.2) is 10.9 Å². The number of aromatic nitrogens is 1. The summed E-state index contributed by atoms with van der Waals surface area (Å²) in [7, 11) is 0. The smallest absolute Gasteiger partial charge is 0.224 e. The maximum atomic E-state index is 12.5. The van der Waals surface area contributed by atoms with Gasteiger partial charge in [-0.05, 0) is 24.5 Å². The van der Waals surface area contributed by atoms with Gasteiger partial charge in [-0.15, -0.1) is 0 Å². The molecular weight excluding hydrogens is 195 g/mol. The molecule has 15 heavy (non-hydrogen) atoms. The van der Waals surface area contributed by atoms with E-state index in [1.54, 1.807) is 0 Å². The zero-order valence-corrected chi connectivity index (χ0v) is 8.37. The van der Waals surface area contributed by atoms with E-state index in [9.17, 15) is 9.18 Å². The highest BCUT2D eigenvalue weighted by atomic mass is 19.1. The number of anilines is 1. The van der Waals surface area contributed by atoms with Gasteiger partial charge in [0.2, 0.25) is 11.9 Å². The summed E-state index contributed by atoms with van der Waals surface area (Å²) in [6.45, 7) is 0. The number of nitrogens with zero attached hydrogens (tertiary/aromatic N) is 1. The van der Waals surface area contributed by atoms with Crippen molar-refractivity contribution in [3.8, 4) is 0 Å². The first-order chi connectivity index (χ1) is 7.24. The predicted molar refractivity (Wildman–Crippen MR) is 54.8 cm³/mol. The number of amides is 1. The Labute approximate surface area is 87.7 Å². The minimum atomic E-state index is -0.536. The van der Waals surface area contributed by atoms with Crippen LogP contribution in [0.5, 0.6) is 0 Å². The molecule has 1 aromatic heterocycles. The Morgan fingerprint density at radius 1 is 1.53 bits per heavy atom. The molecule has 3 nitrogen and oxygen atoms in total. The van der Waals surface area contributed by atoms with Crippen LogP contribution in [-0.2, 0) is 4.79 Å². The Kier molecular flexibility index (Phi) is 2.94. The molecule has 1 aromatic rings. The fourth-order valence-electron chi connectivity index (χ4n) is 1.41. The van der Waals surface area contributed by atoms with Crippen molar-refractivity contribution in [3.05, 3.63) is 24.3 Å². The molecule has 1 aliphatic carbocycles. The van der Waals surface area contributed by atoms with Crippen LogP contribution in [0, 0.1) is 11.9 Å². The van der Waals surface area contributed by atoms with Gasteiger partial charge in [0.05, 0.1) is 11.9 Å². The summed E-state index contributed by atoms with van der Waals surface area (Å²) in [5.41, 5.74) is 0.553. The minimum absolute atomic E-state index is 0.0182. The van der Waals surface area contributed by atoms with E-state index in [0.717, 1.165) is 12.3 Å². The summed E-state index contributed by atoms with van der Waals surface area (Å²) in [6.07, 6.45) is 5.34. The van der Waals surface area contributed by atoms with E-state index >= 15 is 0 Å². The number of rotatable bonds is 4. The fourth-order valence-corrected chi connectivity index (χ4v) is 1.41. The van der Waals surface area contributed by atoms with Crippen LogP contribution in [0.4, 0.5) is 10.1 Å². The van der Waals surface area contributed by atoms with Crippen LogP contribution in [0.3, 0.4) is 0 Å². The first kappa shape index (κ1) is 10.1. The normalized spacial score (nSPS) is 15.0. The number of carbonyl (C=O) groups is 1. The summed E-state index contributed by atoms with van der Waals surface area (Å²) in [6, 6.07) is 2.74. The molecule has 0 saturated heterocycles. The van der Waals surface area contributed by atoms with Crippen molar-refractivity contribution in [2.75, 3.05) is 5.32 Å². The highest BCUT2D eigenvalue weighted by Crippen LogP contribution is 2.33. The third-order valence-corrected chi connectivity index (χ3v) is 2.49. The van der Waals surface area contributed by atoms with E-state index in [0.29, 0.717) is 12.1 Å². The number of pyridine rings is 1. The van der Waals surface area contributed by atoms with E-state index in [4.69, 9.17) is 0 Å². The third kappa shape index (κ3) is 3.31. The van der Waals surface area contributed by atoms with Gasteiger partial charge in [0.25, 0.3) is 0 Å². The maximum absolute atomic E-state index is 12.5. The van der Waals surface area contributed by atoms with Crippen LogP contribution in [0.1, 0.15) is 25.7 Å². The number of hydrogen-bond donors (Lipinski definition) is 1. The van der Waals surface area contributed by atoms with Crippen molar-refractivity contribution >= 4 is 11.6 Å². The molecule has 0 aliphatic heterocycles. The molecule has 80 valence electrons.